The lowest BCUT2D eigenvalue weighted by Crippen LogP contribution is -2.35. The summed E-state index contributed by atoms with van der Waals surface area (Å²) in [4.78, 5) is 17.1. The summed E-state index contributed by atoms with van der Waals surface area (Å²) >= 11 is 0. The number of aryl methyl sites for hydroxylation is 1. The van der Waals surface area contributed by atoms with Crippen molar-refractivity contribution in [2.75, 3.05) is 31.1 Å². The number of para-hydroxylation sites is 1. The molecular formula is C22H23N3O2. The number of amides is 1. The van der Waals surface area contributed by atoms with Gasteiger partial charge in [-0.25, -0.2) is 0 Å². The second-order valence-electron chi connectivity index (χ2n) is 6.86. The van der Waals surface area contributed by atoms with Crippen LogP contribution in [0.15, 0.2) is 65.2 Å². The van der Waals surface area contributed by atoms with Crippen LogP contribution in [0.4, 0.5) is 5.69 Å². The molecule has 27 heavy (non-hydrogen) atoms. The van der Waals surface area contributed by atoms with Crippen molar-refractivity contribution in [1.29, 1.82) is 0 Å². The maximum atomic E-state index is 12.9. The van der Waals surface area contributed by atoms with Gasteiger partial charge in [-0.3, -0.25) is 4.79 Å². The van der Waals surface area contributed by atoms with E-state index in [0.717, 1.165) is 31.6 Å². The number of hydrogen-bond acceptors (Lipinski definition) is 4. The van der Waals surface area contributed by atoms with Crippen LogP contribution in [0.1, 0.15) is 22.5 Å². The Morgan fingerprint density at radius 2 is 1.74 bits per heavy atom. The maximum absolute atomic E-state index is 12.9. The Morgan fingerprint density at radius 1 is 0.963 bits per heavy atom. The minimum Gasteiger partial charge on any atom is -0.369 e. The van der Waals surface area contributed by atoms with Crippen LogP contribution in [-0.4, -0.2) is 42.1 Å². The zero-order valence-corrected chi connectivity index (χ0v) is 15.5. The lowest BCUT2D eigenvalue weighted by Gasteiger charge is -2.25. The highest BCUT2D eigenvalue weighted by Crippen LogP contribution is 2.23. The molecule has 1 saturated heterocycles. The van der Waals surface area contributed by atoms with Gasteiger partial charge in [0.15, 0.2) is 11.5 Å². The summed E-state index contributed by atoms with van der Waals surface area (Å²) in [5.41, 5.74) is 3.81. The molecule has 2 aromatic carbocycles. The third-order valence-corrected chi connectivity index (χ3v) is 5.03. The highest BCUT2D eigenvalue weighted by Gasteiger charge is 2.23. The van der Waals surface area contributed by atoms with E-state index >= 15 is 0 Å². The molecule has 1 aromatic heterocycles. The number of carbonyl (C=O) groups excluding carboxylic acids is 1. The number of aromatic nitrogens is 1. The van der Waals surface area contributed by atoms with E-state index in [9.17, 15) is 4.79 Å². The Kier molecular flexibility index (Phi) is 4.92. The molecule has 0 N–H and O–H groups in total. The van der Waals surface area contributed by atoms with Crippen molar-refractivity contribution >= 4 is 11.6 Å². The molecule has 0 unspecified atom stereocenters. The van der Waals surface area contributed by atoms with E-state index in [-0.39, 0.29) is 5.91 Å². The monoisotopic (exact) mass is 361 g/mol. The Hall–Kier alpha value is -3.08. The van der Waals surface area contributed by atoms with Gasteiger partial charge in [0.2, 0.25) is 0 Å². The highest BCUT2D eigenvalue weighted by atomic mass is 16.5. The van der Waals surface area contributed by atoms with Crippen LogP contribution in [0, 0.1) is 6.92 Å². The molecule has 1 fully saturated rings. The third-order valence-electron chi connectivity index (χ3n) is 5.03. The lowest BCUT2D eigenvalue weighted by atomic mass is 10.1. The van der Waals surface area contributed by atoms with E-state index in [1.165, 1.54) is 11.3 Å². The Labute approximate surface area is 159 Å². The van der Waals surface area contributed by atoms with Gasteiger partial charge in [0, 0.05) is 43.5 Å². The van der Waals surface area contributed by atoms with Gasteiger partial charge >= 0.3 is 0 Å². The molecule has 5 heteroatoms. The second kappa shape index (κ2) is 7.66. The first kappa shape index (κ1) is 17.3. The predicted octanol–water partition coefficient (Wildman–Crippen LogP) is 4.00. The molecule has 0 atom stereocenters. The molecule has 138 valence electrons. The summed E-state index contributed by atoms with van der Waals surface area (Å²) < 4.78 is 5.39. The summed E-state index contributed by atoms with van der Waals surface area (Å²) in [5.74, 6) is 0.558. The Balaban J connectivity index is 1.46. The van der Waals surface area contributed by atoms with E-state index in [0.29, 0.717) is 18.0 Å². The van der Waals surface area contributed by atoms with Gasteiger partial charge < -0.3 is 14.3 Å². The summed E-state index contributed by atoms with van der Waals surface area (Å²) in [6.07, 6.45) is 0.934. The van der Waals surface area contributed by atoms with Crippen molar-refractivity contribution in [2.24, 2.45) is 0 Å². The van der Waals surface area contributed by atoms with E-state index in [2.05, 4.69) is 41.2 Å². The van der Waals surface area contributed by atoms with Gasteiger partial charge in [-0.2, -0.15) is 0 Å². The van der Waals surface area contributed by atoms with E-state index in [4.69, 9.17) is 4.52 Å². The number of hydrogen-bond donors (Lipinski definition) is 0. The molecule has 3 aromatic rings. The Bertz CT molecular complexity index is 920. The van der Waals surface area contributed by atoms with Crippen molar-refractivity contribution in [1.82, 2.24) is 10.1 Å². The molecule has 1 aliphatic heterocycles. The summed E-state index contributed by atoms with van der Waals surface area (Å²) in [6, 6.07) is 19.9. The van der Waals surface area contributed by atoms with E-state index in [1.807, 2.05) is 35.2 Å². The number of anilines is 1. The van der Waals surface area contributed by atoms with Crippen molar-refractivity contribution < 1.29 is 9.32 Å². The largest absolute Gasteiger partial charge is 0.369 e. The fraction of sp³-hybridized carbons (Fsp3) is 0.273. The van der Waals surface area contributed by atoms with E-state index < -0.39 is 0 Å². The van der Waals surface area contributed by atoms with Crippen LogP contribution in [0.3, 0.4) is 0 Å². The summed E-state index contributed by atoms with van der Waals surface area (Å²) in [5, 5.41) is 4.01. The average Bonchev–Trinajstić information content (AvgIpc) is 3.07. The van der Waals surface area contributed by atoms with Gasteiger partial charge in [-0.05, 0) is 25.0 Å². The zero-order valence-electron chi connectivity index (χ0n) is 15.5. The van der Waals surface area contributed by atoms with Crippen LogP contribution >= 0.6 is 0 Å². The number of rotatable bonds is 3. The first-order chi connectivity index (χ1) is 13.2. The SMILES string of the molecule is Cc1ccccc1N1CCCN(C(=O)c2cc(-c3ccccc3)on2)CC1. The topological polar surface area (TPSA) is 49.6 Å². The van der Waals surface area contributed by atoms with Gasteiger partial charge in [0.05, 0.1) is 0 Å². The standard InChI is InChI=1S/C22H23N3O2/c1-17-8-5-6-11-20(17)24-12-7-13-25(15-14-24)22(26)19-16-21(27-23-19)18-9-3-2-4-10-18/h2-6,8-11,16H,7,12-15H2,1H3. The molecular weight excluding hydrogens is 338 g/mol. The van der Waals surface area contributed by atoms with Crippen molar-refractivity contribution in [3.05, 3.63) is 71.9 Å². The van der Waals surface area contributed by atoms with Gasteiger partial charge in [0.25, 0.3) is 5.91 Å². The van der Waals surface area contributed by atoms with Crippen LogP contribution in [0.2, 0.25) is 0 Å². The normalized spacial score (nSPS) is 14.9. The third kappa shape index (κ3) is 3.72. The number of carbonyl (C=O) groups is 1. The molecule has 0 bridgehead atoms. The van der Waals surface area contributed by atoms with Gasteiger partial charge in [0.1, 0.15) is 0 Å². The molecule has 1 amide bonds. The quantitative estimate of drug-likeness (QED) is 0.707. The van der Waals surface area contributed by atoms with Gasteiger partial charge in [-0.1, -0.05) is 53.7 Å². The molecule has 1 aliphatic rings. The van der Waals surface area contributed by atoms with Crippen molar-refractivity contribution in [2.45, 2.75) is 13.3 Å². The Morgan fingerprint density at radius 3 is 2.56 bits per heavy atom. The number of nitrogens with zero attached hydrogens (tertiary/aromatic N) is 3. The minimum atomic E-state index is -0.0624. The van der Waals surface area contributed by atoms with Gasteiger partial charge in [-0.15, -0.1) is 0 Å². The smallest absolute Gasteiger partial charge is 0.276 e. The number of benzene rings is 2. The molecule has 0 aliphatic carbocycles. The zero-order chi connectivity index (χ0) is 18.6. The minimum absolute atomic E-state index is 0.0624. The predicted molar refractivity (Wildman–Crippen MR) is 106 cm³/mol. The summed E-state index contributed by atoms with van der Waals surface area (Å²) in [6.45, 7) is 5.31. The molecule has 5 nitrogen and oxygen atoms in total. The highest BCUT2D eigenvalue weighted by molar-refractivity contribution is 5.93. The average molecular weight is 361 g/mol. The maximum Gasteiger partial charge on any atom is 0.276 e. The molecule has 4 rings (SSSR count). The van der Waals surface area contributed by atoms with Crippen LogP contribution < -0.4 is 4.90 Å². The van der Waals surface area contributed by atoms with Crippen molar-refractivity contribution in [3.63, 3.8) is 0 Å². The molecule has 2 heterocycles. The summed E-state index contributed by atoms with van der Waals surface area (Å²) in [7, 11) is 0. The second-order valence-corrected chi connectivity index (χ2v) is 6.86. The molecule has 0 saturated carbocycles. The van der Waals surface area contributed by atoms with Crippen LogP contribution in [0.25, 0.3) is 11.3 Å². The van der Waals surface area contributed by atoms with Crippen molar-refractivity contribution in [3.8, 4) is 11.3 Å². The first-order valence-corrected chi connectivity index (χ1v) is 9.34. The fourth-order valence-corrected chi connectivity index (χ4v) is 3.56. The molecule has 0 radical (unpaired) electrons. The van der Waals surface area contributed by atoms with Crippen LogP contribution in [0.5, 0.6) is 0 Å². The first-order valence-electron chi connectivity index (χ1n) is 9.34. The van der Waals surface area contributed by atoms with E-state index in [1.54, 1.807) is 6.07 Å². The lowest BCUT2D eigenvalue weighted by molar-refractivity contribution is 0.0756. The fourth-order valence-electron chi connectivity index (χ4n) is 3.56. The molecule has 0 spiro atoms. The van der Waals surface area contributed by atoms with Crippen LogP contribution in [-0.2, 0) is 0 Å².